The number of rotatable bonds is 5. The normalized spacial score (nSPS) is 12.7. The molecule has 1 heterocycles. The maximum Gasteiger partial charge on any atom is 0.315 e. The second-order valence-corrected chi connectivity index (χ2v) is 7.43. The van der Waals surface area contributed by atoms with Crippen molar-refractivity contribution in [2.24, 2.45) is 0 Å². The lowest BCUT2D eigenvalue weighted by Crippen LogP contribution is -2.36. The number of hydrogen-bond donors (Lipinski definition) is 2. The number of carbonyl (C=O) groups is 1. The summed E-state index contributed by atoms with van der Waals surface area (Å²) in [7, 11) is -3.21. The Balaban J connectivity index is 1.87. The fourth-order valence-corrected chi connectivity index (χ4v) is 2.67. The van der Waals surface area contributed by atoms with Gasteiger partial charge in [-0.15, -0.1) is 0 Å². The van der Waals surface area contributed by atoms with Crippen molar-refractivity contribution in [2.45, 2.75) is 31.3 Å². The zero-order valence-electron chi connectivity index (χ0n) is 13.3. The number of furan rings is 1. The molecule has 0 bridgehead atoms. The van der Waals surface area contributed by atoms with E-state index >= 15 is 0 Å². The zero-order chi connectivity index (χ0) is 17.0. The highest BCUT2D eigenvalue weighted by Gasteiger charge is 2.12. The predicted octanol–water partition coefficient (Wildman–Crippen LogP) is 2.55. The molecule has 0 aliphatic rings. The van der Waals surface area contributed by atoms with Gasteiger partial charge in [-0.25, -0.2) is 13.2 Å². The van der Waals surface area contributed by atoms with Crippen molar-refractivity contribution in [1.82, 2.24) is 10.6 Å². The fourth-order valence-electron chi connectivity index (χ4n) is 2.04. The topological polar surface area (TPSA) is 88.4 Å². The average Bonchev–Trinajstić information content (AvgIpc) is 2.91. The first-order valence-corrected chi connectivity index (χ1v) is 9.04. The van der Waals surface area contributed by atoms with Crippen LogP contribution in [0.15, 0.2) is 45.7 Å². The zero-order valence-corrected chi connectivity index (χ0v) is 14.1. The van der Waals surface area contributed by atoms with E-state index in [2.05, 4.69) is 10.6 Å². The van der Waals surface area contributed by atoms with E-state index in [0.717, 1.165) is 17.6 Å². The number of benzene rings is 1. The van der Waals surface area contributed by atoms with Crippen LogP contribution in [0.3, 0.4) is 0 Å². The van der Waals surface area contributed by atoms with Gasteiger partial charge in [0.25, 0.3) is 0 Å². The van der Waals surface area contributed by atoms with Crippen molar-refractivity contribution in [1.29, 1.82) is 0 Å². The maximum absolute atomic E-state index is 11.9. The van der Waals surface area contributed by atoms with Gasteiger partial charge in [0, 0.05) is 12.8 Å². The average molecular weight is 336 g/mol. The Hall–Kier alpha value is -2.28. The molecule has 1 atom stereocenters. The van der Waals surface area contributed by atoms with E-state index in [1.165, 1.54) is 12.1 Å². The number of nitrogens with one attached hydrogen (secondary N) is 2. The Kier molecular flexibility index (Phi) is 5.10. The smallest absolute Gasteiger partial charge is 0.315 e. The second-order valence-electron chi connectivity index (χ2n) is 5.41. The third kappa shape index (κ3) is 4.85. The molecule has 2 amide bonds. The molecule has 1 aromatic carbocycles. The molecule has 0 saturated carbocycles. The van der Waals surface area contributed by atoms with Crippen LogP contribution >= 0.6 is 0 Å². The highest BCUT2D eigenvalue weighted by Crippen LogP contribution is 2.15. The molecular weight excluding hydrogens is 316 g/mol. The molecule has 1 unspecified atom stereocenters. The van der Waals surface area contributed by atoms with E-state index in [0.29, 0.717) is 12.3 Å². The number of carbonyl (C=O) groups excluding carboxylic acids is 1. The summed E-state index contributed by atoms with van der Waals surface area (Å²) in [5.41, 5.74) is 0.814. The Morgan fingerprint density at radius 2 is 1.83 bits per heavy atom. The van der Waals surface area contributed by atoms with Crippen LogP contribution in [0.4, 0.5) is 4.79 Å². The SMILES string of the molecule is Cc1ccc(C(C)NC(=O)NCc2ccc(S(C)(=O)=O)cc2)o1. The molecule has 2 aromatic rings. The van der Waals surface area contributed by atoms with E-state index in [9.17, 15) is 13.2 Å². The molecule has 1 aromatic heterocycles. The largest absolute Gasteiger partial charge is 0.464 e. The summed E-state index contributed by atoms with van der Waals surface area (Å²) >= 11 is 0. The minimum atomic E-state index is -3.21. The highest BCUT2D eigenvalue weighted by atomic mass is 32.2. The summed E-state index contributed by atoms with van der Waals surface area (Å²) in [6.07, 6.45) is 1.16. The third-order valence-electron chi connectivity index (χ3n) is 3.34. The number of hydrogen-bond acceptors (Lipinski definition) is 4. The van der Waals surface area contributed by atoms with E-state index in [1.807, 2.05) is 26.0 Å². The van der Waals surface area contributed by atoms with Gasteiger partial charge in [0.15, 0.2) is 9.84 Å². The minimum absolute atomic E-state index is 0.240. The van der Waals surface area contributed by atoms with Gasteiger partial charge in [-0.1, -0.05) is 12.1 Å². The molecule has 0 aliphatic heterocycles. The second kappa shape index (κ2) is 6.87. The van der Waals surface area contributed by atoms with Gasteiger partial charge in [-0.3, -0.25) is 0 Å². The van der Waals surface area contributed by atoms with Gasteiger partial charge >= 0.3 is 6.03 Å². The summed E-state index contributed by atoms with van der Waals surface area (Å²) in [6.45, 7) is 3.98. The van der Waals surface area contributed by atoms with Crippen LogP contribution in [0.25, 0.3) is 0 Å². The minimum Gasteiger partial charge on any atom is -0.464 e. The van der Waals surface area contributed by atoms with Gasteiger partial charge in [0.1, 0.15) is 11.5 Å². The first kappa shape index (κ1) is 17.1. The summed E-state index contributed by atoms with van der Waals surface area (Å²) in [4.78, 5) is 12.1. The molecule has 6 nitrogen and oxygen atoms in total. The first-order chi connectivity index (χ1) is 10.8. The summed E-state index contributed by atoms with van der Waals surface area (Å²) in [6, 6.07) is 9.51. The number of amides is 2. The van der Waals surface area contributed by atoms with Crippen LogP contribution in [0, 0.1) is 6.92 Å². The molecule has 0 aliphatic carbocycles. The molecule has 0 spiro atoms. The van der Waals surface area contributed by atoms with E-state index in [-0.39, 0.29) is 17.0 Å². The Morgan fingerprint density at radius 3 is 2.35 bits per heavy atom. The molecule has 124 valence electrons. The molecular formula is C16H20N2O4S. The molecule has 0 fully saturated rings. The number of aryl methyl sites for hydroxylation is 1. The first-order valence-electron chi connectivity index (χ1n) is 7.15. The summed E-state index contributed by atoms with van der Waals surface area (Å²) in [5.74, 6) is 1.48. The Bertz CT molecular complexity index is 779. The van der Waals surface area contributed by atoms with Gasteiger partial charge in [0.05, 0.1) is 10.9 Å². The van der Waals surface area contributed by atoms with E-state index < -0.39 is 9.84 Å². The van der Waals surface area contributed by atoms with Crippen LogP contribution in [-0.4, -0.2) is 20.7 Å². The molecule has 0 radical (unpaired) electrons. The van der Waals surface area contributed by atoms with E-state index in [1.54, 1.807) is 12.1 Å². The monoisotopic (exact) mass is 336 g/mol. The Labute approximate surface area is 135 Å². The predicted molar refractivity (Wildman–Crippen MR) is 86.8 cm³/mol. The maximum atomic E-state index is 11.9. The van der Waals surface area contributed by atoms with Crippen molar-refractivity contribution < 1.29 is 17.6 Å². The highest BCUT2D eigenvalue weighted by molar-refractivity contribution is 7.90. The van der Waals surface area contributed by atoms with Crippen molar-refractivity contribution in [3.8, 4) is 0 Å². The molecule has 0 saturated heterocycles. The van der Waals surface area contributed by atoms with Crippen molar-refractivity contribution in [2.75, 3.05) is 6.26 Å². The van der Waals surface area contributed by atoms with E-state index in [4.69, 9.17) is 4.42 Å². The lowest BCUT2D eigenvalue weighted by molar-refractivity contribution is 0.235. The Morgan fingerprint density at radius 1 is 1.17 bits per heavy atom. The fraction of sp³-hybridized carbons (Fsp3) is 0.312. The molecule has 2 rings (SSSR count). The van der Waals surface area contributed by atoms with Gasteiger partial charge in [-0.2, -0.15) is 0 Å². The molecule has 23 heavy (non-hydrogen) atoms. The number of sulfone groups is 1. The lowest BCUT2D eigenvalue weighted by atomic mass is 10.2. The van der Waals surface area contributed by atoms with Crippen molar-refractivity contribution in [3.63, 3.8) is 0 Å². The van der Waals surface area contributed by atoms with Crippen LogP contribution in [-0.2, 0) is 16.4 Å². The summed E-state index contributed by atoms with van der Waals surface area (Å²) in [5, 5.41) is 5.50. The van der Waals surface area contributed by atoms with Crippen molar-refractivity contribution >= 4 is 15.9 Å². The lowest BCUT2D eigenvalue weighted by Gasteiger charge is -2.12. The van der Waals surface area contributed by atoms with Crippen LogP contribution < -0.4 is 10.6 Å². The van der Waals surface area contributed by atoms with Crippen LogP contribution in [0.5, 0.6) is 0 Å². The summed E-state index contributed by atoms with van der Waals surface area (Å²) < 4.78 is 28.2. The quantitative estimate of drug-likeness (QED) is 0.878. The van der Waals surface area contributed by atoms with Gasteiger partial charge in [0.2, 0.25) is 0 Å². The standard InChI is InChI=1S/C16H20N2O4S/c1-11-4-9-15(22-11)12(2)18-16(19)17-10-13-5-7-14(8-6-13)23(3,20)21/h4-9,12H,10H2,1-3H3,(H2,17,18,19). The van der Waals surface area contributed by atoms with Crippen LogP contribution in [0.1, 0.15) is 30.0 Å². The molecule has 2 N–H and O–H groups in total. The van der Waals surface area contributed by atoms with Gasteiger partial charge in [-0.05, 0) is 43.7 Å². The third-order valence-corrected chi connectivity index (χ3v) is 4.47. The van der Waals surface area contributed by atoms with Crippen molar-refractivity contribution in [3.05, 3.63) is 53.5 Å². The number of urea groups is 1. The van der Waals surface area contributed by atoms with Crippen LogP contribution in [0.2, 0.25) is 0 Å². The molecule has 7 heteroatoms. The van der Waals surface area contributed by atoms with Gasteiger partial charge < -0.3 is 15.1 Å².